The smallest absolute Gasteiger partial charge is 0.0431 e. The van der Waals surface area contributed by atoms with Crippen LogP contribution < -0.4 is 0 Å². The molecule has 0 aliphatic heterocycles. The Morgan fingerprint density at radius 1 is 1.38 bits per heavy atom. The Balaban J connectivity index is 2.68. The Morgan fingerprint density at radius 3 is 2.77 bits per heavy atom. The maximum atomic E-state index is 4.35. The number of pyridine rings is 1. The Kier molecular flexibility index (Phi) is 3.94. The third-order valence-corrected chi connectivity index (χ3v) is 2.26. The topological polar surface area (TPSA) is 12.9 Å². The molecule has 0 saturated heterocycles. The minimum absolute atomic E-state index is 0.543. The lowest BCUT2D eigenvalue weighted by Gasteiger charge is -2.06. The van der Waals surface area contributed by atoms with Gasteiger partial charge in [-0.05, 0) is 36.5 Å². The number of rotatable bonds is 4. The molecule has 1 nitrogen and oxygen atoms in total. The van der Waals surface area contributed by atoms with Crippen LogP contribution in [0.15, 0.2) is 18.3 Å². The average molecular weight is 177 g/mol. The highest BCUT2D eigenvalue weighted by molar-refractivity contribution is 5.18. The van der Waals surface area contributed by atoms with Gasteiger partial charge in [-0.3, -0.25) is 4.98 Å². The van der Waals surface area contributed by atoms with Gasteiger partial charge >= 0.3 is 0 Å². The first-order valence-electron chi connectivity index (χ1n) is 5.19. The molecule has 0 N–H and O–H groups in total. The molecule has 0 amide bonds. The molecule has 0 aliphatic carbocycles. The summed E-state index contributed by atoms with van der Waals surface area (Å²) < 4.78 is 0. The van der Waals surface area contributed by atoms with Crippen LogP contribution >= 0.6 is 0 Å². The van der Waals surface area contributed by atoms with Crippen LogP contribution in [0.25, 0.3) is 0 Å². The molecule has 0 fully saturated rings. The van der Waals surface area contributed by atoms with Gasteiger partial charge in [0.25, 0.3) is 0 Å². The molecule has 1 aromatic rings. The summed E-state index contributed by atoms with van der Waals surface area (Å²) in [6, 6.07) is 4.36. The normalized spacial score (nSPS) is 10.8. The predicted octanol–water partition coefficient (Wildman–Crippen LogP) is 3.55. The maximum absolute atomic E-state index is 4.35. The van der Waals surface area contributed by atoms with Crippen molar-refractivity contribution in [2.45, 2.75) is 46.0 Å². The average Bonchev–Trinajstić information content (AvgIpc) is 2.15. The Labute approximate surface area is 81.2 Å². The van der Waals surface area contributed by atoms with Crippen molar-refractivity contribution in [1.29, 1.82) is 0 Å². The van der Waals surface area contributed by atoms with Gasteiger partial charge in [-0.2, -0.15) is 0 Å². The third kappa shape index (κ3) is 3.17. The van der Waals surface area contributed by atoms with Gasteiger partial charge < -0.3 is 0 Å². The van der Waals surface area contributed by atoms with Crippen LogP contribution in [0.3, 0.4) is 0 Å². The van der Waals surface area contributed by atoms with E-state index in [0.29, 0.717) is 5.92 Å². The number of nitrogens with zero attached hydrogens (tertiary/aromatic N) is 1. The van der Waals surface area contributed by atoms with E-state index in [2.05, 4.69) is 37.9 Å². The van der Waals surface area contributed by atoms with E-state index in [1.807, 2.05) is 6.20 Å². The highest BCUT2D eigenvalue weighted by Gasteiger charge is 2.00. The molecule has 0 saturated carbocycles. The fourth-order valence-corrected chi connectivity index (χ4v) is 1.35. The zero-order valence-corrected chi connectivity index (χ0v) is 8.88. The summed E-state index contributed by atoms with van der Waals surface area (Å²) in [7, 11) is 0. The molecular weight excluding hydrogens is 158 g/mol. The van der Waals surface area contributed by atoms with Crippen molar-refractivity contribution < 1.29 is 0 Å². The first kappa shape index (κ1) is 10.2. The fraction of sp³-hybridized carbons (Fsp3) is 0.583. The molecule has 0 aromatic carbocycles. The molecule has 0 bridgehead atoms. The summed E-state index contributed by atoms with van der Waals surface area (Å²) in [6.07, 6.45) is 5.67. The summed E-state index contributed by atoms with van der Waals surface area (Å²) in [4.78, 5) is 4.35. The van der Waals surface area contributed by atoms with Crippen LogP contribution in [0.2, 0.25) is 0 Å². The molecule has 0 spiro atoms. The molecule has 1 rings (SSSR count). The summed E-state index contributed by atoms with van der Waals surface area (Å²) in [6.45, 7) is 6.60. The predicted molar refractivity (Wildman–Crippen MR) is 56.9 cm³/mol. The molecule has 0 radical (unpaired) electrons. The second-order valence-corrected chi connectivity index (χ2v) is 3.85. The van der Waals surface area contributed by atoms with E-state index in [1.165, 1.54) is 30.5 Å². The first-order chi connectivity index (χ1) is 6.24. The van der Waals surface area contributed by atoms with E-state index in [-0.39, 0.29) is 0 Å². The lowest BCUT2D eigenvalue weighted by atomic mass is 10.0. The lowest BCUT2D eigenvalue weighted by molar-refractivity contribution is 0.779. The van der Waals surface area contributed by atoms with E-state index in [1.54, 1.807) is 0 Å². The van der Waals surface area contributed by atoms with Crippen molar-refractivity contribution in [2.75, 3.05) is 0 Å². The van der Waals surface area contributed by atoms with Crippen LogP contribution in [0.4, 0.5) is 0 Å². The van der Waals surface area contributed by atoms with Gasteiger partial charge in [0.2, 0.25) is 0 Å². The van der Waals surface area contributed by atoms with Crippen LogP contribution in [0.5, 0.6) is 0 Å². The number of hydrogen-bond donors (Lipinski definition) is 0. The standard InChI is InChI=1S/C12H19N/c1-4-5-6-11-7-8-13-12(9-11)10(2)3/h7-10H,4-6H2,1-3H3. The molecule has 72 valence electrons. The van der Waals surface area contributed by atoms with Crippen molar-refractivity contribution >= 4 is 0 Å². The minimum atomic E-state index is 0.543. The van der Waals surface area contributed by atoms with E-state index in [4.69, 9.17) is 0 Å². The van der Waals surface area contributed by atoms with Crippen molar-refractivity contribution in [3.63, 3.8) is 0 Å². The Hall–Kier alpha value is -0.850. The van der Waals surface area contributed by atoms with Gasteiger partial charge in [-0.15, -0.1) is 0 Å². The highest BCUT2D eigenvalue weighted by atomic mass is 14.7. The SMILES string of the molecule is CCCCc1ccnc(C(C)C)c1. The number of unbranched alkanes of at least 4 members (excludes halogenated alkanes) is 1. The molecular formula is C12H19N. The Morgan fingerprint density at radius 2 is 2.15 bits per heavy atom. The summed E-state index contributed by atoms with van der Waals surface area (Å²) >= 11 is 0. The van der Waals surface area contributed by atoms with Gasteiger partial charge in [-0.1, -0.05) is 27.2 Å². The zero-order chi connectivity index (χ0) is 9.68. The summed E-state index contributed by atoms with van der Waals surface area (Å²) in [5.41, 5.74) is 2.65. The zero-order valence-electron chi connectivity index (χ0n) is 8.88. The molecule has 0 unspecified atom stereocenters. The number of aryl methyl sites for hydroxylation is 1. The molecule has 13 heavy (non-hydrogen) atoms. The van der Waals surface area contributed by atoms with Gasteiger partial charge in [0.1, 0.15) is 0 Å². The van der Waals surface area contributed by atoms with Crippen LogP contribution in [0, 0.1) is 0 Å². The van der Waals surface area contributed by atoms with E-state index >= 15 is 0 Å². The number of aromatic nitrogens is 1. The molecule has 1 heterocycles. The van der Waals surface area contributed by atoms with Crippen molar-refractivity contribution in [2.24, 2.45) is 0 Å². The largest absolute Gasteiger partial charge is 0.261 e. The highest BCUT2D eigenvalue weighted by Crippen LogP contribution is 2.13. The molecule has 1 aromatic heterocycles. The third-order valence-electron chi connectivity index (χ3n) is 2.26. The van der Waals surface area contributed by atoms with Crippen LogP contribution in [-0.2, 0) is 6.42 Å². The minimum Gasteiger partial charge on any atom is -0.261 e. The van der Waals surface area contributed by atoms with Crippen LogP contribution in [0.1, 0.15) is 50.8 Å². The van der Waals surface area contributed by atoms with Gasteiger partial charge in [0, 0.05) is 11.9 Å². The van der Waals surface area contributed by atoms with Crippen molar-refractivity contribution in [3.05, 3.63) is 29.6 Å². The Bertz CT molecular complexity index is 253. The lowest BCUT2D eigenvalue weighted by Crippen LogP contribution is -1.94. The van der Waals surface area contributed by atoms with Crippen molar-refractivity contribution in [1.82, 2.24) is 4.98 Å². The second kappa shape index (κ2) is 5.00. The van der Waals surface area contributed by atoms with Crippen molar-refractivity contribution in [3.8, 4) is 0 Å². The van der Waals surface area contributed by atoms with E-state index in [0.717, 1.165) is 0 Å². The molecule has 0 atom stereocenters. The van der Waals surface area contributed by atoms with E-state index in [9.17, 15) is 0 Å². The van der Waals surface area contributed by atoms with E-state index < -0.39 is 0 Å². The number of hydrogen-bond acceptors (Lipinski definition) is 1. The van der Waals surface area contributed by atoms with Gasteiger partial charge in [0.15, 0.2) is 0 Å². The maximum Gasteiger partial charge on any atom is 0.0431 e. The fourth-order valence-electron chi connectivity index (χ4n) is 1.35. The molecule has 1 heteroatoms. The van der Waals surface area contributed by atoms with Gasteiger partial charge in [-0.25, -0.2) is 0 Å². The van der Waals surface area contributed by atoms with Gasteiger partial charge in [0.05, 0.1) is 0 Å². The first-order valence-corrected chi connectivity index (χ1v) is 5.19. The molecule has 0 aliphatic rings. The second-order valence-electron chi connectivity index (χ2n) is 3.85. The summed E-state index contributed by atoms with van der Waals surface area (Å²) in [5.74, 6) is 0.543. The quantitative estimate of drug-likeness (QED) is 0.685. The van der Waals surface area contributed by atoms with Crippen LogP contribution in [-0.4, -0.2) is 4.98 Å². The monoisotopic (exact) mass is 177 g/mol. The summed E-state index contributed by atoms with van der Waals surface area (Å²) in [5, 5.41) is 0.